The summed E-state index contributed by atoms with van der Waals surface area (Å²) >= 11 is 7.28. The van der Waals surface area contributed by atoms with Crippen molar-refractivity contribution in [1.29, 1.82) is 0 Å². The lowest BCUT2D eigenvalue weighted by atomic mass is 10.1. The number of halogens is 2. The molecule has 1 atom stereocenters. The normalized spacial score (nSPS) is 12.2. The molecule has 1 amide bonds. The van der Waals surface area contributed by atoms with Crippen molar-refractivity contribution in [1.82, 2.24) is 5.32 Å². The van der Waals surface area contributed by atoms with Gasteiger partial charge in [-0.3, -0.25) is 4.79 Å². The number of hydrogen-bond acceptors (Lipinski definition) is 3. The summed E-state index contributed by atoms with van der Waals surface area (Å²) in [5.41, 5.74) is -0.0773. The van der Waals surface area contributed by atoms with Crippen molar-refractivity contribution in [2.75, 3.05) is 18.6 Å². The molecule has 0 aliphatic carbocycles. The van der Waals surface area contributed by atoms with Gasteiger partial charge in [-0.1, -0.05) is 11.6 Å². The second kappa shape index (κ2) is 7.61. The molecule has 1 aromatic carbocycles. The van der Waals surface area contributed by atoms with Gasteiger partial charge in [-0.05, 0) is 30.9 Å². The maximum Gasteiger partial charge on any atom is 0.254 e. The molecule has 2 N–H and O–H groups in total. The summed E-state index contributed by atoms with van der Waals surface area (Å²) in [7, 11) is 0. The number of aliphatic hydroxyl groups excluding tert-OH is 1. The Kier molecular flexibility index (Phi) is 6.46. The lowest BCUT2D eigenvalue weighted by Gasteiger charge is -2.16. The summed E-state index contributed by atoms with van der Waals surface area (Å²) in [6.07, 6.45) is 2.34. The van der Waals surface area contributed by atoms with E-state index in [9.17, 15) is 9.18 Å². The van der Waals surface area contributed by atoms with Crippen LogP contribution < -0.4 is 5.32 Å². The SMILES string of the molecule is CSCC(CCO)NC(=O)c1cc(Cl)ccc1F. The van der Waals surface area contributed by atoms with Crippen LogP contribution in [0.3, 0.4) is 0 Å². The van der Waals surface area contributed by atoms with Crippen LogP contribution in [0.15, 0.2) is 18.2 Å². The van der Waals surface area contributed by atoms with E-state index in [-0.39, 0.29) is 18.2 Å². The van der Waals surface area contributed by atoms with E-state index in [1.165, 1.54) is 12.1 Å². The molecule has 0 aliphatic rings. The van der Waals surface area contributed by atoms with Crippen molar-refractivity contribution in [2.45, 2.75) is 12.5 Å². The van der Waals surface area contributed by atoms with Crippen LogP contribution in [0.5, 0.6) is 0 Å². The van der Waals surface area contributed by atoms with Crippen LogP contribution in [0, 0.1) is 5.82 Å². The number of aliphatic hydroxyl groups is 1. The van der Waals surface area contributed by atoms with Gasteiger partial charge >= 0.3 is 0 Å². The van der Waals surface area contributed by atoms with Crippen molar-refractivity contribution >= 4 is 29.3 Å². The Bertz CT molecular complexity index is 411. The Balaban J connectivity index is 2.76. The molecule has 100 valence electrons. The molecule has 0 spiro atoms. The van der Waals surface area contributed by atoms with Crippen molar-refractivity contribution in [3.05, 3.63) is 34.6 Å². The van der Waals surface area contributed by atoms with Gasteiger partial charge in [0.15, 0.2) is 0 Å². The number of hydrogen-bond donors (Lipinski definition) is 2. The molecular formula is C12H15ClFNO2S. The number of benzene rings is 1. The maximum absolute atomic E-state index is 13.5. The third-order valence-corrected chi connectivity index (χ3v) is 3.32. The van der Waals surface area contributed by atoms with Crippen LogP contribution in [-0.2, 0) is 0 Å². The molecule has 3 nitrogen and oxygen atoms in total. The smallest absolute Gasteiger partial charge is 0.254 e. The van der Waals surface area contributed by atoms with Gasteiger partial charge in [0.05, 0.1) is 5.56 Å². The highest BCUT2D eigenvalue weighted by Gasteiger charge is 2.16. The number of nitrogens with one attached hydrogen (secondary N) is 1. The first-order valence-electron chi connectivity index (χ1n) is 5.44. The first-order valence-corrected chi connectivity index (χ1v) is 7.21. The van der Waals surface area contributed by atoms with Crippen LogP contribution in [0.25, 0.3) is 0 Å². The molecule has 0 radical (unpaired) electrons. The van der Waals surface area contributed by atoms with Crippen molar-refractivity contribution < 1.29 is 14.3 Å². The van der Waals surface area contributed by atoms with Crippen LogP contribution in [0.4, 0.5) is 4.39 Å². The van der Waals surface area contributed by atoms with E-state index in [1.807, 2.05) is 6.26 Å². The summed E-state index contributed by atoms with van der Waals surface area (Å²) in [5.74, 6) is -0.458. The Morgan fingerprint density at radius 2 is 2.33 bits per heavy atom. The van der Waals surface area contributed by atoms with Gasteiger partial charge in [-0.15, -0.1) is 0 Å². The molecule has 0 heterocycles. The Morgan fingerprint density at radius 3 is 2.94 bits per heavy atom. The minimum Gasteiger partial charge on any atom is -0.396 e. The summed E-state index contributed by atoms with van der Waals surface area (Å²) in [6.45, 7) is -0.0243. The predicted octanol–water partition coefficient (Wildman–Crippen LogP) is 2.32. The van der Waals surface area contributed by atoms with E-state index in [1.54, 1.807) is 11.8 Å². The van der Waals surface area contributed by atoms with Gasteiger partial charge in [-0.2, -0.15) is 11.8 Å². The van der Waals surface area contributed by atoms with Crippen molar-refractivity contribution in [3.63, 3.8) is 0 Å². The number of amides is 1. The molecule has 0 fully saturated rings. The molecule has 1 rings (SSSR count). The number of carbonyl (C=O) groups excluding carboxylic acids is 1. The summed E-state index contributed by atoms with van der Waals surface area (Å²) < 4.78 is 13.5. The third-order valence-electron chi connectivity index (χ3n) is 2.35. The first-order chi connectivity index (χ1) is 8.58. The highest BCUT2D eigenvalue weighted by molar-refractivity contribution is 7.98. The van der Waals surface area contributed by atoms with Crippen molar-refractivity contribution in [3.8, 4) is 0 Å². The highest BCUT2D eigenvalue weighted by Crippen LogP contribution is 2.15. The average Bonchev–Trinajstić information content (AvgIpc) is 2.33. The molecule has 0 bridgehead atoms. The van der Waals surface area contributed by atoms with Gasteiger partial charge in [0, 0.05) is 23.4 Å². The Hall–Kier alpha value is -0.780. The van der Waals surface area contributed by atoms with E-state index in [0.717, 1.165) is 6.07 Å². The van der Waals surface area contributed by atoms with Gasteiger partial charge in [-0.25, -0.2) is 4.39 Å². The fraction of sp³-hybridized carbons (Fsp3) is 0.417. The lowest BCUT2D eigenvalue weighted by molar-refractivity contribution is 0.0931. The molecule has 0 aromatic heterocycles. The number of rotatable bonds is 6. The molecule has 0 aliphatic heterocycles. The van der Waals surface area contributed by atoms with Crippen LogP contribution >= 0.6 is 23.4 Å². The second-order valence-electron chi connectivity index (χ2n) is 3.76. The summed E-state index contributed by atoms with van der Waals surface area (Å²) in [4.78, 5) is 11.9. The predicted molar refractivity (Wildman–Crippen MR) is 72.7 cm³/mol. The molecule has 0 saturated heterocycles. The minimum atomic E-state index is -0.608. The Labute approximate surface area is 115 Å². The summed E-state index contributed by atoms with van der Waals surface area (Å²) in [5, 5.41) is 11.9. The van der Waals surface area contributed by atoms with E-state index >= 15 is 0 Å². The topological polar surface area (TPSA) is 49.3 Å². The fourth-order valence-electron chi connectivity index (χ4n) is 1.49. The van der Waals surface area contributed by atoms with Crippen LogP contribution in [-0.4, -0.2) is 35.7 Å². The largest absolute Gasteiger partial charge is 0.396 e. The zero-order valence-corrected chi connectivity index (χ0v) is 11.5. The molecule has 0 saturated carbocycles. The van der Waals surface area contributed by atoms with Gasteiger partial charge < -0.3 is 10.4 Å². The first kappa shape index (κ1) is 15.3. The number of thioether (sulfide) groups is 1. The quantitative estimate of drug-likeness (QED) is 0.846. The standard InChI is InChI=1S/C12H15ClFNO2S/c1-18-7-9(4-5-16)15-12(17)10-6-8(13)2-3-11(10)14/h2-3,6,9,16H,4-5,7H2,1H3,(H,15,17). The lowest BCUT2D eigenvalue weighted by Crippen LogP contribution is -2.37. The van der Waals surface area contributed by atoms with Gasteiger partial charge in [0.2, 0.25) is 0 Å². The molecule has 6 heteroatoms. The van der Waals surface area contributed by atoms with E-state index < -0.39 is 11.7 Å². The molecule has 1 aromatic rings. The van der Waals surface area contributed by atoms with E-state index in [0.29, 0.717) is 17.2 Å². The highest BCUT2D eigenvalue weighted by atomic mass is 35.5. The Morgan fingerprint density at radius 1 is 1.61 bits per heavy atom. The van der Waals surface area contributed by atoms with Gasteiger partial charge in [0.1, 0.15) is 5.82 Å². The van der Waals surface area contributed by atoms with Crippen LogP contribution in [0.1, 0.15) is 16.8 Å². The van der Waals surface area contributed by atoms with E-state index in [2.05, 4.69) is 5.32 Å². The van der Waals surface area contributed by atoms with Gasteiger partial charge in [0.25, 0.3) is 5.91 Å². The number of carbonyl (C=O) groups is 1. The summed E-state index contributed by atoms with van der Waals surface area (Å²) in [6, 6.07) is 3.66. The molecule has 1 unspecified atom stereocenters. The van der Waals surface area contributed by atoms with Crippen LogP contribution in [0.2, 0.25) is 5.02 Å². The van der Waals surface area contributed by atoms with Crippen molar-refractivity contribution in [2.24, 2.45) is 0 Å². The second-order valence-corrected chi connectivity index (χ2v) is 5.11. The maximum atomic E-state index is 13.5. The monoisotopic (exact) mass is 291 g/mol. The molecular weight excluding hydrogens is 277 g/mol. The third kappa shape index (κ3) is 4.48. The fourth-order valence-corrected chi connectivity index (χ4v) is 2.31. The minimum absolute atomic E-state index is 0.0243. The zero-order chi connectivity index (χ0) is 13.5. The average molecular weight is 292 g/mol. The zero-order valence-electron chi connectivity index (χ0n) is 9.95. The van der Waals surface area contributed by atoms with E-state index in [4.69, 9.17) is 16.7 Å². The molecule has 18 heavy (non-hydrogen) atoms.